The summed E-state index contributed by atoms with van der Waals surface area (Å²) >= 11 is 0. The number of likely N-dealkylation sites (tertiary alicyclic amines) is 1. The van der Waals surface area contributed by atoms with E-state index in [0.717, 1.165) is 23.3 Å². The summed E-state index contributed by atoms with van der Waals surface area (Å²) in [6, 6.07) is 11.3. The topological polar surface area (TPSA) is 58.6 Å². The number of carbonyl (C=O) groups is 2. The van der Waals surface area contributed by atoms with Gasteiger partial charge in [-0.05, 0) is 48.7 Å². The molecule has 0 bridgehead atoms. The first-order valence-electron chi connectivity index (χ1n) is 9.58. The standard InChI is InChI=1S/C22H23F3N2O3/c1-14(16-5-7-17(8-6-16)21(29)30-2)26-20(28)19-11-12-27(19)13-15-3-9-18(10-4-15)22(23,24)25/h3-10,14,19H,11-13H2,1-2H3,(H,26,28). The molecular weight excluding hydrogens is 397 g/mol. The number of rotatable bonds is 6. The second-order valence-electron chi connectivity index (χ2n) is 7.31. The van der Waals surface area contributed by atoms with Gasteiger partial charge in [-0.1, -0.05) is 24.3 Å². The zero-order valence-electron chi connectivity index (χ0n) is 16.7. The smallest absolute Gasteiger partial charge is 0.416 e. The molecule has 1 aliphatic rings. The van der Waals surface area contributed by atoms with Gasteiger partial charge in [0, 0.05) is 13.1 Å². The summed E-state index contributed by atoms with van der Waals surface area (Å²) in [5.74, 6) is -0.552. The Labute approximate surface area is 172 Å². The number of ether oxygens (including phenoxy) is 1. The van der Waals surface area contributed by atoms with Crippen LogP contribution in [0.1, 0.15) is 46.4 Å². The molecule has 1 aliphatic heterocycles. The summed E-state index contributed by atoms with van der Waals surface area (Å²) in [4.78, 5) is 26.1. The fourth-order valence-electron chi connectivity index (χ4n) is 3.38. The molecule has 160 valence electrons. The van der Waals surface area contributed by atoms with Crippen LogP contribution in [-0.4, -0.2) is 36.5 Å². The van der Waals surface area contributed by atoms with E-state index in [9.17, 15) is 22.8 Å². The summed E-state index contributed by atoms with van der Waals surface area (Å²) in [7, 11) is 1.31. The minimum atomic E-state index is -4.36. The van der Waals surface area contributed by atoms with Gasteiger partial charge in [-0.15, -0.1) is 0 Å². The molecule has 2 aromatic carbocycles. The molecular formula is C22H23F3N2O3. The molecule has 0 aliphatic carbocycles. The average Bonchev–Trinajstić information content (AvgIpc) is 2.70. The maximum absolute atomic E-state index is 12.7. The number of nitrogens with one attached hydrogen (secondary N) is 1. The van der Waals surface area contributed by atoms with Gasteiger partial charge in [0.05, 0.1) is 30.3 Å². The molecule has 8 heteroatoms. The van der Waals surface area contributed by atoms with E-state index in [0.29, 0.717) is 25.1 Å². The number of alkyl halides is 3. The van der Waals surface area contributed by atoms with Crippen molar-refractivity contribution < 1.29 is 27.5 Å². The van der Waals surface area contributed by atoms with Crippen molar-refractivity contribution in [1.29, 1.82) is 0 Å². The Kier molecular flexibility index (Phi) is 6.45. The lowest BCUT2D eigenvalue weighted by molar-refractivity contribution is -0.137. The molecule has 0 radical (unpaired) electrons. The first-order chi connectivity index (χ1) is 14.2. The van der Waals surface area contributed by atoms with Crippen molar-refractivity contribution >= 4 is 11.9 Å². The third-order valence-corrected chi connectivity index (χ3v) is 5.29. The van der Waals surface area contributed by atoms with Crippen LogP contribution in [0.15, 0.2) is 48.5 Å². The maximum Gasteiger partial charge on any atom is 0.416 e. The molecule has 30 heavy (non-hydrogen) atoms. The molecule has 1 amide bonds. The normalized spacial score (nSPS) is 17.7. The number of hydrogen-bond acceptors (Lipinski definition) is 4. The quantitative estimate of drug-likeness (QED) is 0.720. The van der Waals surface area contributed by atoms with E-state index in [4.69, 9.17) is 0 Å². The van der Waals surface area contributed by atoms with Gasteiger partial charge in [0.25, 0.3) is 0 Å². The van der Waals surface area contributed by atoms with Crippen molar-refractivity contribution in [3.8, 4) is 0 Å². The van der Waals surface area contributed by atoms with Crippen molar-refractivity contribution in [1.82, 2.24) is 10.2 Å². The van der Waals surface area contributed by atoms with Crippen LogP contribution >= 0.6 is 0 Å². The number of methoxy groups -OCH3 is 1. The first kappa shape index (κ1) is 21.8. The van der Waals surface area contributed by atoms with Crippen LogP contribution < -0.4 is 5.32 Å². The van der Waals surface area contributed by atoms with Crippen LogP contribution in [0.4, 0.5) is 13.2 Å². The maximum atomic E-state index is 12.7. The molecule has 1 saturated heterocycles. The fraction of sp³-hybridized carbons (Fsp3) is 0.364. The second kappa shape index (κ2) is 8.87. The molecule has 0 aromatic heterocycles. The van der Waals surface area contributed by atoms with Crippen molar-refractivity contribution in [3.63, 3.8) is 0 Å². The predicted octanol–water partition coefficient (Wildman–Crippen LogP) is 3.94. The van der Waals surface area contributed by atoms with Gasteiger partial charge in [-0.25, -0.2) is 4.79 Å². The molecule has 1 heterocycles. The van der Waals surface area contributed by atoms with E-state index < -0.39 is 17.7 Å². The van der Waals surface area contributed by atoms with Crippen LogP contribution in [-0.2, 0) is 22.3 Å². The van der Waals surface area contributed by atoms with Crippen LogP contribution in [0.3, 0.4) is 0 Å². The third-order valence-electron chi connectivity index (χ3n) is 5.29. The highest BCUT2D eigenvalue weighted by atomic mass is 19.4. The molecule has 0 spiro atoms. The van der Waals surface area contributed by atoms with Gasteiger partial charge in [0.2, 0.25) is 5.91 Å². The molecule has 0 saturated carbocycles. The zero-order chi connectivity index (χ0) is 21.9. The number of carbonyl (C=O) groups excluding carboxylic acids is 2. The predicted molar refractivity (Wildman–Crippen MR) is 105 cm³/mol. The average molecular weight is 420 g/mol. The lowest BCUT2D eigenvalue weighted by atomic mass is 9.99. The largest absolute Gasteiger partial charge is 0.465 e. The number of hydrogen-bond donors (Lipinski definition) is 1. The highest BCUT2D eigenvalue weighted by Gasteiger charge is 2.35. The number of halogens is 3. The summed E-state index contributed by atoms with van der Waals surface area (Å²) in [5.41, 5.74) is 1.33. The molecule has 1 N–H and O–H groups in total. The zero-order valence-corrected chi connectivity index (χ0v) is 16.7. The lowest BCUT2D eigenvalue weighted by Gasteiger charge is -2.40. The Morgan fingerprint density at radius 3 is 2.27 bits per heavy atom. The third kappa shape index (κ3) is 4.99. The monoisotopic (exact) mass is 420 g/mol. The number of amides is 1. The van der Waals surface area contributed by atoms with Crippen molar-refractivity contribution in [3.05, 3.63) is 70.8 Å². The van der Waals surface area contributed by atoms with Crippen LogP contribution in [0.2, 0.25) is 0 Å². The summed E-state index contributed by atoms with van der Waals surface area (Å²) < 4.78 is 42.7. The van der Waals surface area contributed by atoms with Crippen molar-refractivity contribution in [2.24, 2.45) is 0 Å². The van der Waals surface area contributed by atoms with Crippen molar-refractivity contribution in [2.45, 2.75) is 38.1 Å². The number of benzene rings is 2. The highest BCUT2D eigenvalue weighted by Crippen LogP contribution is 2.30. The van der Waals surface area contributed by atoms with Gasteiger partial charge < -0.3 is 10.1 Å². The van der Waals surface area contributed by atoms with E-state index in [2.05, 4.69) is 10.1 Å². The van der Waals surface area contributed by atoms with Gasteiger partial charge in [-0.2, -0.15) is 13.2 Å². The molecule has 1 fully saturated rings. The Morgan fingerprint density at radius 1 is 1.13 bits per heavy atom. The number of esters is 1. The summed E-state index contributed by atoms with van der Waals surface area (Å²) in [5, 5.41) is 2.96. The molecule has 2 aromatic rings. The van der Waals surface area contributed by atoms with Crippen LogP contribution in [0, 0.1) is 0 Å². The molecule has 2 atom stereocenters. The SMILES string of the molecule is COC(=O)c1ccc(C(C)NC(=O)C2CCN2Cc2ccc(C(F)(F)F)cc2)cc1. The lowest BCUT2D eigenvalue weighted by Crippen LogP contribution is -2.55. The summed E-state index contributed by atoms with van der Waals surface area (Å²) in [6.45, 7) is 2.98. The Bertz CT molecular complexity index is 895. The fourth-order valence-corrected chi connectivity index (χ4v) is 3.38. The van der Waals surface area contributed by atoms with Crippen LogP contribution in [0.25, 0.3) is 0 Å². The van der Waals surface area contributed by atoms with E-state index in [1.807, 2.05) is 11.8 Å². The minimum Gasteiger partial charge on any atom is -0.465 e. The van der Waals surface area contributed by atoms with E-state index in [1.54, 1.807) is 24.3 Å². The minimum absolute atomic E-state index is 0.127. The van der Waals surface area contributed by atoms with Gasteiger partial charge >= 0.3 is 12.1 Å². The van der Waals surface area contributed by atoms with Gasteiger partial charge in [-0.3, -0.25) is 9.69 Å². The van der Waals surface area contributed by atoms with E-state index >= 15 is 0 Å². The first-order valence-corrected chi connectivity index (χ1v) is 9.58. The van der Waals surface area contributed by atoms with Crippen LogP contribution in [0.5, 0.6) is 0 Å². The van der Waals surface area contributed by atoms with Crippen molar-refractivity contribution in [2.75, 3.05) is 13.7 Å². The highest BCUT2D eigenvalue weighted by molar-refractivity contribution is 5.89. The molecule has 5 nitrogen and oxygen atoms in total. The van der Waals surface area contributed by atoms with E-state index in [1.165, 1.54) is 19.2 Å². The van der Waals surface area contributed by atoms with E-state index in [-0.39, 0.29) is 18.0 Å². The number of nitrogens with zero attached hydrogens (tertiary/aromatic N) is 1. The Morgan fingerprint density at radius 2 is 1.77 bits per heavy atom. The molecule has 3 rings (SSSR count). The van der Waals surface area contributed by atoms with Gasteiger partial charge in [0.15, 0.2) is 0 Å². The Balaban J connectivity index is 1.56. The Hall–Kier alpha value is -2.87. The van der Waals surface area contributed by atoms with Gasteiger partial charge in [0.1, 0.15) is 0 Å². The second-order valence-corrected chi connectivity index (χ2v) is 7.31. The summed E-state index contributed by atoms with van der Waals surface area (Å²) in [6.07, 6.45) is -3.66. The molecule has 2 unspecified atom stereocenters.